The lowest BCUT2D eigenvalue weighted by molar-refractivity contribution is 0.0936. The molecule has 1 atom stereocenters. The van der Waals surface area contributed by atoms with Gasteiger partial charge in [-0.25, -0.2) is 0 Å². The number of benzene rings is 2. The maximum atomic E-state index is 12.9. The van der Waals surface area contributed by atoms with Gasteiger partial charge in [-0.1, -0.05) is 42.5 Å². The Kier molecular flexibility index (Phi) is 6.06. The summed E-state index contributed by atoms with van der Waals surface area (Å²) >= 11 is 0. The summed E-state index contributed by atoms with van der Waals surface area (Å²) in [6, 6.07) is 18.4. The Balaban J connectivity index is 1.97. The van der Waals surface area contributed by atoms with Crippen LogP contribution in [0.5, 0.6) is 17.6 Å². The van der Waals surface area contributed by atoms with Crippen LogP contribution in [0.15, 0.2) is 60.7 Å². The van der Waals surface area contributed by atoms with Gasteiger partial charge in [0.2, 0.25) is 5.88 Å². The first-order valence-electron chi connectivity index (χ1n) is 8.61. The van der Waals surface area contributed by atoms with Crippen molar-refractivity contribution >= 4 is 5.91 Å². The van der Waals surface area contributed by atoms with Crippen LogP contribution < -0.4 is 19.5 Å². The highest BCUT2D eigenvalue weighted by atomic mass is 16.5. The third-order valence-electron chi connectivity index (χ3n) is 4.14. The van der Waals surface area contributed by atoms with Crippen molar-refractivity contribution in [3.8, 4) is 17.6 Å². The zero-order valence-electron chi connectivity index (χ0n) is 15.9. The maximum absolute atomic E-state index is 12.9. The van der Waals surface area contributed by atoms with E-state index < -0.39 is 6.04 Å². The standard InChI is InChI=1S/C21H21N3O4/c1-26-16-11-7-10-15(12-16)19(14-8-5-4-6-9-14)24-20(25)17-13-18(27-2)23-21(22-17)28-3/h4-13,19H,1-3H3,(H,24,25)/t19-/m1/s1. The van der Waals surface area contributed by atoms with Crippen LogP contribution in [0, 0.1) is 0 Å². The Morgan fingerprint density at radius 3 is 2.29 bits per heavy atom. The van der Waals surface area contributed by atoms with Crippen LogP contribution in [0.25, 0.3) is 0 Å². The van der Waals surface area contributed by atoms with E-state index in [4.69, 9.17) is 14.2 Å². The van der Waals surface area contributed by atoms with Crippen molar-refractivity contribution in [2.45, 2.75) is 6.04 Å². The van der Waals surface area contributed by atoms with E-state index in [-0.39, 0.29) is 23.5 Å². The molecule has 0 fully saturated rings. The number of amides is 1. The van der Waals surface area contributed by atoms with Crippen LogP contribution in [-0.2, 0) is 0 Å². The molecule has 7 nitrogen and oxygen atoms in total. The molecule has 0 spiro atoms. The monoisotopic (exact) mass is 379 g/mol. The quantitative estimate of drug-likeness (QED) is 0.679. The van der Waals surface area contributed by atoms with Gasteiger partial charge < -0.3 is 19.5 Å². The number of carbonyl (C=O) groups is 1. The Labute approximate surface area is 163 Å². The van der Waals surface area contributed by atoms with Gasteiger partial charge in [0.25, 0.3) is 5.91 Å². The van der Waals surface area contributed by atoms with E-state index >= 15 is 0 Å². The largest absolute Gasteiger partial charge is 0.497 e. The molecule has 0 bridgehead atoms. The van der Waals surface area contributed by atoms with Gasteiger partial charge in [-0.3, -0.25) is 4.79 Å². The number of ether oxygens (including phenoxy) is 3. The highest BCUT2D eigenvalue weighted by Crippen LogP contribution is 2.26. The SMILES string of the molecule is COc1cccc([C@H](NC(=O)c2cc(OC)nc(OC)n2)c2ccccc2)c1. The van der Waals surface area contributed by atoms with Crippen LogP contribution in [0.2, 0.25) is 0 Å². The fourth-order valence-corrected chi connectivity index (χ4v) is 2.75. The number of rotatable bonds is 7. The van der Waals surface area contributed by atoms with Crippen LogP contribution in [0.3, 0.4) is 0 Å². The first-order chi connectivity index (χ1) is 13.6. The summed E-state index contributed by atoms with van der Waals surface area (Å²) < 4.78 is 15.5. The molecular weight excluding hydrogens is 358 g/mol. The van der Waals surface area contributed by atoms with Gasteiger partial charge in [-0.05, 0) is 23.3 Å². The van der Waals surface area contributed by atoms with Crippen molar-refractivity contribution in [3.63, 3.8) is 0 Å². The summed E-state index contributed by atoms with van der Waals surface area (Å²) in [5.41, 5.74) is 1.96. The average molecular weight is 379 g/mol. The van der Waals surface area contributed by atoms with Crippen molar-refractivity contribution < 1.29 is 19.0 Å². The number of hydrogen-bond donors (Lipinski definition) is 1. The van der Waals surface area contributed by atoms with Crippen molar-refractivity contribution in [2.24, 2.45) is 0 Å². The topological polar surface area (TPSA) is 82.6 Å². The highest BCUT2D eigenvalue weighted by molar-refractivity contribution is 5.93. The smallest absolute Gasteiger partial charge is 0.320 e. The lowest BCUT2D eigenvalue weighted by atomic mass is 9.98. The van der Waals surface area contributed by atoms with Crippen molar-refractivity contribution in [1.82, 2.24) is 15.3 Å². The van der Waals surface area contributed by atoms with Gasteiger partial charge in [-0.2, -0.15) is 9.97 Å². The van der Waals surface area contributed by atoms with Gasteiger partial charge in [0.05, 0.1) is 27.4 Å². The van der Waals surface area contributed by atoms with Crippen molar-refractivity contribution in [1.29, 1.82) is 0 Å². The zero-order chi connectivity index (χ0) is 19.9. The summed E-state index contributed by atoms with van der Waals surface area (Å²) in [6.45, 7) is 0. The van der Waals surface area contributed by atoms with E-state index in [2.05, 4.69) is 15.3 Å². The lowest BCUT2D eigenvalue weighted by Crippen LogP contribution is -2.30. The molecule has 1 aromatic heterocycles. The first-order valence-corrected chi connectivity index (χ1v) is 8.61. The highest BCUT2D eigenvalue weighted by Gasteiger charge is 2.20. The van der Waals surface area contributed by atoms with E-state index in [9.17, 15) is 4.79 Å². The van der Waals surface area contributed by atoms with Gasteiger partial charge >= 0.3 is 6.01 Å². The van der Waals surface area contributed by atoms with Crippen LogP contribution in [0.1, 0.15) is 27.7 Å². The average Bonchev–Trinajstić information content (AvgIpc) is 2.77. The molecular formula is C21H21N3O4. The Hall–Kier alpha value is -3.61. The molecule has 0 aliphatic rings. The number of nitrogens with one attached hydrogen (secondary N) is 1. The van der Waals surface area contributed by atoms with Gasteiger partial charge in [0, 0.05) is 6.07 Å². The predicted molar refractivity (Wildman–Crippen MR) is 104 cm³/mol. The number of nitrogens with zero attached hydrogens (tertiary/aromatic N) is 2. The summed E-state index contributed by atoms with van der Waals surface area (Å²) in [7, 11) is 4.50. The zero-order valence-corrected chi connectivity index (χ0v) is 15.9. The van der Waals surface area contributed by atoms with Crippen LogP contribution in [0.4, 0.5) is 0 Å². The number of carbonyl (C=O) groups excluding carboxylic acids is 1. The summed E-state index contributed by atoms with van der Waals surface area (Å²) in [6.07, 6.45) is 0. The fourth-order valence-electron chi connectivity index (χ4n) is 2.75. The van der Waals surface area contributed by atoms with Crippen molar-refractivity contribution in [2.75, 3.05) is 21.3 Å². The summed E-state index contributed by atoms with van der Waals surface area (Å²) in [5.74, 6) is 0.573. The molecule has 1 N–H and O–H groups in total. The van der Waals surface area contributed by atoms with Gasteiger partial charge in [-0.15, -0.1) is 0 Å². The van der Waals surface area contributed by atoms with Crippen LogP contribution in [-0.4, -0.2) is 37.2 Å². The first kappa shape index (κ1) is 19.2. The molecule has 1 amide bonds. The van der Waals surface area contributed by atoms with E-state index in [0.29, 0.717) is 5.75 Å². The molecule has 0 aliphatic carbocycles. The molecule has 0 unspecified atom stereocenters. The number of hydrogen-bond acceptors (Lipinski definition) is 6. The third kappa shape index (κ3) is 4.37. The van der Waals surface area contributed by atoms with E-state index in [1.54, 1.807) is 7.11 Å². The molecule has 0 aliphatic heterocycles. The molecule has 7 heteroatoms. The summed E-state index contributed by atoms with van der Waals surface area (Å²) in [5, 5.41) is 3.02. The molecule has 28 heavy (non-hydrogen) atoms. The molecule has 3 aromatic rings. The molecule has 0 radical (unpaired) electrons. The molecule has 0 saturated carbocycles. The minimum atomic E-state index is -0.393. The molecule has 3 rings (SSSR count). The second-order valence-corrected chi connectivity index (χ2v) is 5.88. The molecule has 144 valence electrons. The number of aromatic nitrogens is 2. The Bertz CT molecular complexity index is 925. The second kappa shape index (κ2) is 8.85. The Morgan fingerprint density at radius 1 is 0.857 bits per heavy atom. The van der Waals surface area contributed by atoms with E-state index in [1.165, 1.54) is 20.3 Å². The van der Waals surface area contributed by atoms with Crippen LogP contribution >= 0.6 is 0 Å². The predicted octanol–water partition coefficient (Wildman–Crippen LogP) is 3.02. The fraction of sp³-hybridized carbons (Fsp3) is 0.190. The normalized spacial score (nSPS) is 11.4. The maximum Gasteiger partial charge on any atom is 0.320 e. The van der Waals surface area contributed by atoms with E-state index in [0.717, 1.165) is 11.1 Å². The third-order valence-corrected chi connectivity index (χ3v) is 4.14. The van der Waals surface area contributed by atoms with E-state index in [1.807, 2.05) is 54.6 Å². The minimum absolute atomic E-state index is 0.0575. The molecule has 2 aromatic carbocycles. The second-order valence-electron chi connectivity index (χ2n) is 5.88. The molecule has 1 heterocycles. The van der Waals surface area contributed by atoms with Gasteiger partial charge in [0.15, 0.2) is 0 Å². The Morgan fingerprint density at radius 2 is 1.61 bits per heavy atom. The van der Waals surface area contributed by atoms with Gasteiger partial charge in [0.1, 0.15) is 11.4 Å². The van der Waals surface area contributed by atoms with Crippen molar-refractivity contribution in [3.05, 3.63) is 77.5 Å². The minimum Gasteiger partial charge on any atom is -0.497 e. The number of methoxy groups -OCH3 is 3. The lowest BCUT2D eigenvalue weighted by Gasteiger charge is -2.20. The molecule has 0 saturated heterocycles. The summed E-state index contributed by atoms with van der Waals surface area (Å²) in [4.78, 5) is 21.1.